The van der Waals surface area contributed by atoms with Gasteiger partial charge in [-0.2, -0.15) is 0 Å². The molecule has 0 aromatic carbocycles. The minimum absolute atomic E-state index is 0.368. The maximum Gasteiger partial charge on any atom is 0.0203 e. The van der Waals surface area contributed by atoms with Crippen molar-refractivity contribution < 1.29 is 0 Å². The summed E-state index contributed by atoms with van der Waals surface area (Å²) in [5.41, 5.74) is 0. The largest absolute Gasteiger partial charge is 0.120 e. The van der Waals surface area contributed by atoms with E-state index < -0.39 is 0 Å². The molecule has 12 heavy (non-hydrogen) atoms. The number of hydrogen-bond donors (Lipinski definition) is 0. The molecule has 1 heteroatoms. The number of halogens is 1. The number of rotatable bonds is 3. The molecule has 0 aromatic rings. The SMILES string of the molecule is C#C[C@@H](C)[C@@H](C)[C@H](C)/C=C(/C)I. The second kappa shape index (κ2) is 5.64. The molecule has 0 saturated carbocycles. The van der Waals surface area contributed by atoms with Gasteiger partial charge >= 0.3 is 0 Å². The maximum absolute atomic E-state index is 5.37. The highest BCUT2D eigenvalue weighted by Gasteiger charge is 2.15. The van der Waals surface area contributed by atoms with E-state index in [1.54, 1.807) is 0 Å². The van der Waals surface area contributed by atoms with Crippen molar-refractivity contribution in [3.63, 3.8) is 0 Å². The highest BCUT2D eigenvalue weighted by atomic mass is 127. The highest BCUT2D eigenvalue weighted by molar-refractivity contribution is 14.1. The van der Waals surface area contributed by atoms with E-state index >= 15 is 0 Å². The average Bonchev–Trinajstić information content (AvgIpc) is 2.00. The molecule has 0 radical (unpaired) electrons. The molecule has 0 spiro atoms. The monoisotopic (exact) mass is 276 g/mol. The van der Waals surface area contributed by atoms with E-state index in [1.165, 1.54) is 3.58 Å². The third-order valence-electron chi connectivity index (χ3n) is 2.37. The molecule has 0 aliphatic carbocycles. The quantitative estimate of drug-likeness (QED) is 0.542. The van der Waals surface area contributed by atoms with Gasteiger partial charge in [-0.15, -0.1) is 12.3 Å². The zero-order chi connectivity index (χ0) is 9.72. The molecule has 68 valence electrons. The van der Waals surface area contributed by atoms with Crippen LogP contribution in [-0.2, 0) is 0 Å². The highest BCUT2D eigenvalue weighted by Crippen LogP contribution is 2.23. The van der Waals surface area contributed by atoms with E-state index in [9.17, 15) is 0 Å². The summed E-state index contributed by atoms with van der Waals surface area (Å²) in [6, 6.07) is 0. The second-order valence-corrected chi connectivity index (χ2v) is 5.13. The smallest absolute Gasteiger partial charge is 0.0203 e. The van der Waals surface area contributed by atoms with Crippen LogP contribution >= 0.6 is 22.6 Å². The molecule has 0 rings (SSSR count). The van der Waals surface area contributed by atoms with Crippen molar-refractivity contribution in [2.45, 2.75) is 27.7 Å². The van der Waals surface area contributed by atoms with Crippen LogP contribution in [-0.4, -0.2) is 0 Å². The van der Waals surface area contributed by atoms with Crippen molar-refractivity contribution in [2.24, 2.45) is 17.8 Å². The van der Waals surface area contributed by atoms with Crippen LogP contribution < -0.4 is 0 Å². The first-order valence-electron chi connectivity index (χ1n) is 4.29. The fourth-order valence-corrected chi connectivity index (χ4v) is 1.69. The Morgan fingerprint density at radius 3 is 2.25 bits per heavy atom. The van der Waals surface area contributed by atoms with Gasteiger partial charge in [-0.1, -0.05) is 26.8 Å². The Balaban J connectivity index is 4.21. The predicted octanol–water partition coefficient (Wildman–Crippen LogP) is 3.87. The number of allylic oxidation sites excluding steroid dienone is 2. The summed E-state index contributed by atoms with van der Waals surface area (Å²) in [5, 5.41) is 0. The first kappa shape index (κ1) is 12.0. The topological polar surface area (TPSA) is 0 Å². The number of terminal acetylenes is 1. The van der Waals surface area contributed by atoms with Crippen molar-refractivity contribution in [1.82, 2.24) is 0 Å². The third kappa shape index (κ3) is 4.15. The molecule has 0 aromatic heterocycles. The van der Waals surface area contributed by atoms with Gasteiger partial charge in [-0.05, 0) is 44.9 Å². The van der Waals surface area contributed by atoms with Crippen LogP contribution in [0.2, 0.25) is 0 Å². The Labute approximate surface area is 90.0 Å². The van der Waals surface area contributed by atoms with Gasteiger partial charge in [0.15, 0.2) is 0 Å². The van der Waals surface area contributed by atoms with E-state index in [1.807, 2.05) is 0 Å². The molecule has 0 heterocycles. The van der Waals surface area contributed by atoms with E-state index in [0.29, 0.717) is 17.8 Å². The summed E-state index contributed by atoms with van der Waals surface area (Å²) < 4.78 is 1.34. The van der Waals surface area contributed by atoms with Crippen molar-refractivity contribution >= 4 is 22.6 Å². The molecule has 0 nitrogen and oxygen atoms in total. The van der Waals surface area contributed by atoms with E-state index in [0.717, 1.165) is 0 Å². The summed E-state index contributed by atoms with van der Waals surface area (Å²) in [5.74, 6) is 4.30. The average molecular weight is 276 g/mol. The Morgan fingerprint density at radius 1 is 1.42 bits per heavy atom. The minimum Gasteiger partial charge on any atom is -0.120 e. The molecule has 0 bridgehead atoms. The normalized spacial score (nSPS) is 19.5. The Morgan fingerprint density at radius 2 is 1.92 bits per heavy atom. The van der Waals surface area contributed by atoms with E-state index in [2.05, 4.69) is 62.3 Å². The van der Waals surface area contributed by atoms with Gasteiger partial charge in [0.05, 0.1) is 0 Å². The van der Waals surface area contributed by atoms with Gasteiger partial charge in [0, 0.05) is 5.92 Å². The van der Waals surface area contributed by atoms with Crippen LogP contribution in [0.3, 0.4) is 0 Å². The second-order valence-electron chi connectivity index (χ2n) is 3.43. The van der Waals surface area contributed by atoms with Crippen molar-refractivity contribution in [1.29, 1.82) is 0 Å². The summed E-state index contributed by atoms with van der Waals surface area (Å²) in [6.45, 7) is 8.66. The van der Waals surface area contributed by atoms with Crippen LogP contribution in [0.5, 0.6) is 0 Å². The third-order valence-corrected chi connectivity index (χ3v) is 2.73. The molecule has 0 aliphatic heterocycles. The lowest BCUT2D eigenvalue weighted by Gasteiger charge is -2.19. The molecular formula is C11H17I. The first-order valence-corrected chi connectivity index (χ1v) is 5.37. The summed E-state index contributed by atoms with van der Waals surface area (Å²) in [4.78, 5) is 0. The van der Waals surface area contributed by atoms with E-state index in [-0.39, 0.29) is 0 Å². The Bertz CT molecular complexity index is 194. The molecule has 0 amide bonds. The summed E-state index contributed by atoms with van der Waals surface area (Å²) >= 11 is 2.34. The van der Waals surface area contributed by atoms with Gasteiger partial charge in [0.2, 0.25) is 0 Å². The molecule has 0 N–H and O–H groups in total. The van der Waals surface area contributed by atoms with Gasteiger partial charge in [0.25, 0.3) is 0 Å². The van der Waals surface area contributed by atoms with Crippen LogP contribution in [0.25, 0.3) is 0 Å². The van der Waals surface area contributed by atoms with Gasteiger partial charge in [-0.3, -0.25) is 0 Å². The lowest BCUT2D eigenvalue weighted by molar-refractivity contribution is 0.381. The zero-order valence-corrected chi connectivity index (χ0v) is 10.4. The molecule has 3 atom stereocenters. The van der Waals surface area contributed by atoms with Crippen molar-refractivity contribution in [3.05, 3.63) is 9.66 Å². The minimum atomic E-state index is 0.368. The fourth-order valence-electron chi connectivity index (χ4n) is 1.12. The molecular weight excluding hydrogens is 259 g/mol. The molecule has 0 fully saturated rings. The van der Waals surface area contributed by atoms with Crippen LogP contribution in [0.15, 0.2) is 9.66 Å². The maximum atomic E-state index is 5.37. The van der Waals surface area contributed by atoms with Crippen LogP contribution in [0, 0.1) is 30.1 Å². The standard InChI is InChI=1S/C11H17I/c1-6-8(2)11(5)9(3)7-10(4)12/h1,7-9,11H,2-5H3/b10-7-/t8-,9-,11-/m1/s1. The summed E-state index contributed by atoms with van der Waals surface area (Å²) in [6.07, 6.45) is 7.65. The van der Waals surface area contributed by atoms with Gasteiger partial charge in [-0.25, -0.2) is 0 Å². The van der Waals surface area contributed by atoms with Crippen molar-refractivity contribution in [2.75, 3.05) is 0 Å². The fraction of sp³-hybridized carbons (Fsp3) is 0.636. The molecule has 0 unspecified atom stereocenters. The lowest BCUT2D eigenvalue weighted by Crippen LogP contribution is -2.13. The van der Waals surface area contributed by atoms with Gasteiger partial charge in [0.1, 0.15) is 0 Å². The number of hydrogen-bond acceptors (Lipinski definition) is 0. The molecule has 0 aliphatic rings. The Hall–Kier alpha value is 0.0300. The van der Waals surface area contributed by atoms with Crippen molar-refractivity contribution in [3.8, 4) is 12.3 Å². The van der Waals surface area contributed by atoms with Crippen LogP contribution in [0.1, 0.15) is 27.7 Å². The lowest BCUT2D eigenvalue weighted by atomic mass is 9.85. The summed E-state index contributed by atoms with van der Waals surface area (Å²) in [7, 11) is 0. The first-order chi connectivity index (χ1) is 5.49. The van der Waals surface area contributed by atoms with Gasteiger partial charge < -0.3 is 0 Å². The predicted molar refractivity (Wildman–Crippen MR) is 64.1 cm³/mol. The Kier molecular flexibility index (Phi) is 5.65. The molecule has 0 saturated heterocycles. The van der Waals surface area contributed by atoms with Crippen LogP contribution in [0.4, 0.5) is 0 Å². The van der Waals surface area contributed by atoms with E-state index in [4.69, 9.17) is 6.42 Å². The zero-order valence-electron chi connectivity index (χ0n) is 8.26.